The zero-order valence-electron chi connectivity index (χ0n) is 21.2. The quantitative estimate of drug-likeness (QED) is 0.393. The molecule has 39 heavy (non-hydrogen) atoms. The molecule has 11 heteroatoms. The molecule has 10 nitrogen and oxygen atoms in total. The Morgan fingerprint density at radius 2 is 2.00 bits per heavy atom. The van der Waals surface area contributed by atoms with Crippen molar-refractivity contribution in [2.24, 2.45) is 11.8 Å². The van der Waals surface area contributed by atoms with Crippen LogP contribution in [0.4, 0.5) is 5.82 Å². The van der Waals surface area contributed by atoms with Gasteiger partial charge in [0.1, 0.15) is 29.9 Å². The molecule has 4 aromatic rings. The molecule has 3 atom stereocenters. The standard InChI is InChI=1S/C28H26ClN7O3/c1-17(37)16-39-22-7-23(27-19(8-30)10-33-36(27)15-22)18-4-5-25(32-9-18)34-11-20-13-35(14-21(20)12-34)28(38)26-24(29)3-2-6-31-26/h2-7,9-10,15,17,20-21,37H,11-14,16H2,1H3/t17?,20-,21+. The van der Waals surface area contributed by atoms with E-state index in [1.807, 2.05) is 23.1 Å². The van der Waals surface area contributed by atoms with Gasteiger partial charge in [-0.25, -0.2) is 14.5 Å². The number of aromatic nitrogens is 4. The third kappa shape index (κ3) is 4.75. The van der Waals surface area contributed by atoms with Crippen LogP contribution >= 0.6 is 11.6 Å². The van der Waals surface area contributed by atoms with Gasteiger partial charge in [-0.2, -0.15) is 10.4 Å². The minimum Gasteiger partial charge on any atom is -0.489 e. The molecule has 2 aliphatic rings. The molecule has 2 fully saturated rings. The molecule has 1 N–H and O–H groups in total. The number of hydrogen-bond acceptors (Lipinski definition) is 8. The van der Waals surface area contributed by atoms with E-state index in [1.54, 1.807) is 42.2 Å². The third-order valence-electron chi connectivity index (χ3n) is 7.32. The number of rotatable bonds is 6. The molecular weight excluding hydrogens is 518 g/mol. The Kier molecular flexibility index (Phi) is 6.54. The summed E-state index contributed by atoms with van der Waals surface area (Å²) in [5.74, 6) is 1.99. The highest BCUT2D eigenvalue weighted by Crippen LogP contribution is 2.36. The van der Waals surface area contributed by atoms with Crippen LogP contribution in [0.3, 0.4) is 0 Å². The maximum Gasteiger partial charge on any atom is 0.274 e. The maximum atomic E-state index is 12.9. The summed E-state index contributed by atoms with van der Waals surface area (Å²) in [6.45, 7) is 4.75. The number of aliphatic hydroxyl groups excluding tert-OH is 1. The van der Waals surface area contributed by atoms with Crippen molar-refractivity contribution in [3.05, 3.63) is 71.4 Å². The Morgan fingerprint density at radius 3 is 2.67 bits per heavy atom. The number of carbonyl (C=O) groups excluding carboxylic acids is 1. The fourth-order valence-corrected chi connectivity index (χ4v) is 5.67. The summed E-state index contributed by atoms with van der Waals surface area (Å²) in [7, 11) is 0. The van der Waals surface area contributed by atoms with Crippen molar-refractivity contribution in [2.45, 2.75) is 13.0 Å². The molecule has 1 amide bonds. The Morgan fingerprint density at radius 1 is 1.21 bits per heavy atom. The lowest BCUT2D eigenvalue weighted by Crippen LogP contribution is -2.34. The second-order valence-electron chi connectivity index (χ2n) is 10.1. The Bertz CT molecular complexity index is 1570. The molecule has 0 aromatic carbocycles. The van der Waals surface area contributed by atoms with Gasteiger partial charge in [0.05, 0.1) is 34.6 Å². The lowest BCUT2D eigenvalue weighted by atomic mass is 10.0. The van der Waals surface area contributed by atoms with Crippen LogP contribution in [-0.2, 0) is 0 Å². The van der Waals surface area contributed by atoms with E-state index >= 15 is 0 Å². The number of anilines is 1. The SMILES string of the molecule is CC(O)COc1cc(-c2ccc(N3C[C@H]4CN(C(=O)c5ncccc5Cl)C[C@H]4C3)nc2)c2c(C#N)cnn2c1. The predicted octanol–water partition coefficient (Wildman–Crippen LogP) is 3.28. The fourth-order valence-electron chi connectivity index (χ4n) is 5.47. The van der Waals surface area contributed by atoms with Crippen LogP contribution < -0.4 is 9.64 Å². The zero-order valence-corrected chi connectivity index (χ0v) is 22.0. The van der Waals surface area contributed by atoms with E-state index in [2.05, 4.69) is 21.1 Å². The number of carbonyl (C=O) groups is 1. The number of aliphatic hydroxyl groups is 1. The van der Waals surface area contributed by atoms with Crippen molar-refractivity contribution in [3.63, 3.8) is 0 Å². The molecule has 0 radical (unpaired) electrons. The van der Waals surface area contributed by atoms with E-state index in [0.717, 1.165) is 30.0 Å². The molecule has 1 unspecified atom stereocenters. The number of pyridine rings is 3. The van der Waals surface area contributed by atoms with Crippen molar-refractivity contribution in [2.75, 3.05) is 37.7 Å². The summed E-state index contributed by atoms with van der Waals surface area (Å²) in [6, 6.07) is 11.4. The van der Waals surface area contributed by atoms with Crippen LogP contribution in [0.15, 0.2) is 55.1 Å². The van der Waals surface area contributed by atoms with Gasteiger partial charge in [-0.1, -0.05) is 11.6 Å². The van der Waals surface area contributed by atoms with Gasteiger partial charge >= 0.3 is 0 Å². The Labute approximate surface area is 230 Å². The molecule has 198 valence electrons. The molecule has 2 saturated heterocycles. The molecule has 6 heterocycles. The van der Waals surface area contributed by atoms with Gasteiger partial charge in [-0.3, -0.25) is 4.79 Å². The van der Waals surface area contributed by atoms with E-state index in [9.17, 15) is 15.2 Å². The highest BCUT2D eigenvalue weighted by Gasteiger charge is 2.42. The highest BCUT2D eigenvalue weighted by molar-refractivity contribution is 6.33. The molecule has 4 aromatic heterocycles. The average Bonchev–Trinajstić information content (AvgIpc) is 3.65. The van der Waals surface area contributed by atoms with Crippen LogP contribution in [0.2, 0.25) is 5.02 Å². The summed E-state index contributed by atoms with van der Waals surface area (Å²) in [4.78, 5) is 26.0. The number of likely N-dealkylation sites (tertiary alicyclic amines) is 1. The van der Waals surface area contributed by atoms with E-state index < -0.39 is 6.10 Å². The largest absolute Gasteiger partial charge is 0.489 e. The molecular formula is C28H26ClN7O3. The summed E-state index contributed by atoms with van der Waals surface area (Å²) < 4.78 is 7.34. The second-order valence-corrected chi connectivity index (χ2v) is 10.5. The van der Waals surface area contributed by atoms with E-state index in [-0.39, 0.29) is 12.5 Å². The van der Waals surface area contributed by atoms with Crippen molar-refractivity contribution >= 4 is 28.8 Å². The first-order valence-corrected chi connectivity index (χ1v) is 13.1. The summed E-state index contributed by atoms with van der Waals surface area (Å²) >= 11 is 6.19. The zero-order chi connectivity index (χ0) is 27.1. The molecule has 0 spiro atoms. The second kappa shape index (κ2) is 10.2. The van der Waals surface area contributed by atoms with Gasteiger partial charge in [0.2, 0.25) is 0 Å². The van der Waals surface area contributed by atoms with E-state index in [0.29, 0.717) is 52.5 Å². The van der Waals surface area contributed by atoms with Gasteiger partial charge in [-0.05, 0) is 37.3 Å². The predicted molar refractivity (Wildman–Crippen MR) is 145 cm³/mol. The van der Waals surface area contributed by atoms with E-state index in [1.165, 1.54) is 6.20 Å². The minimum absolute atomic E-state index is 0.119. The highest BCUT2D eigenvalue weighted by atomic mass is 35.5. The van der Waals surface area contributed by atoms with Gasteiger partial charge in [0, 0.05) is 61.5 Å². The van der Waals surface area contributed by atoms with Crippen LogP contribution in [0.5, 0.6) is 5.75 Å². The van der Waals surface area contributed by atoms with Gasteiger partial charge < -0.3 is 19.6 Å². The van der Waals surface area contributed by atoms with Crippen LogP contribution in [0, 0.1) is 23.2 Å². The monoisotopic (exact) mass is 543 g/mol. The molecule has 2 aliphatic heterocycles. The van der Waals surface area contributed by atoms with Crippen molar-refractivity contribution in [3.8, 4) is 22.9 Å². The number of amides is 1. The van der Waals surface area contributed by atoms with Crippen LogP contribution in [0.1, 0.15) is 23.0 Å². The van der Waals surface area contributed by atoms with Gasteiger partial charge in [0.25, 0.3) is 5.91 Å². The third-order valence-corrected chi connectivity index (χ3v) is 7.62. The maximum absolute atomic E-state index is 12.9. The minimum atomic E-state index is -0.615. The normalized spacial score (nSPS) is 19.2. The summed E-state index contributed by atoms with van der Waals surface area (Å²) in [5.41, 5.74) is 3.03. The lowest BCUT2D eigenvalue weighted by Gasteiger charge is -2.22. The number of hydrogen-bond donors (Lipinski definition) is 1. The number of nitrogens with zero attached hydrogens (tertiary/aromatic N) is 7. The van der Waals surface area contributed by atoms with E-state index in [4.69, 9.17) is 21.3 Å². The summed E-state index contributed by atoms with van der Waals surface area (Å²) in [5, 5.41) is 23.9. The first kappa shape index (κ1) is 25.1. The number of halogens is 1. The fraction of sp³-hybridized carbons (Fsp3) is 0.321. The number of nitriles is 1. The molecule has 6 rings (SSSR count). The van der Waals surface area contributed by atoms with Gasteiger partial charge in [-0.15, -0.1) is 0 Å². The first-order valence-electron chi connectivity index (χ1n) is 12.7. The number of fused-ring (bicyclic) bond motifs is 2. The number of ether oxygens (including phenoxy) is 1. The van der Waals surface area contributed by atoms with Gasteiger partial charge in [0.15, 0.2) is 0 Å². The van der Waals surface area contributed by atoms with Crippen LogP contribution in [-0.4, -0.2) is 74.4 Å². The molecule has 0 saturated carbocycles. The van der Waals surface area contributed by atoms with Crippen LogP contribution in [0.25, 0.3) is 16.6 Å². The Hall–Kier alpha value is -4.20. The first-order chi connectivity index (χ1) is 18.9. The average molecular weight is 544 g/mol. The smallest absolute Gasteiger partial charge is 0.274 e. The molecule has 0 bridgehead atoms. The van der Waals surface area contributed by atoms with Crippen molar-refractivity contribution in [1.29, 1.82) is 5.26 Å². The topological polar surface area (TPSA) is 120 Å². The van der Waals surface area contributed by atoms with Crippen molar-refractivity contribution < 1.29 is 14.6 Å². The van der Waals surface area contributed by atoms with Crippen molar-refractivity contribution in [1.82, 2.24) is 24.5 Å². The lowest BCUT2D eigenvalue weighted by molar-refractivity contribution is 0.0777. The Balaban J connectivity index is 1.19. The molecule has 0 aliphatic carbocycles. The summed E-state index contributed by atoms with van der Waals surface area (Å²) in [6.07, 6.45) is 5.99.